The van der Waals surface area contributed by atoms with Crippen LogP contribution in [0, 0.1) is 17.0 Å². The molecule has 0 aliphatic heterocycles. The molecule has 0 atom stereocenters. The number of hydrogen-bond acceptors (Lipinski definition) is 3. The van der Waals surface area contributed by atoms with Crippen molar-refractivity contribution in [3.05, 3.63) is 39.4 Å². The minimum Gasteiger partial charge on any atom is -0.477 e. The second kappa shape index (κ2) is 3.84. The second-order valence-electron chi connectivity index (χ2n) is 3.11. The number of nitro benzene ring substituents is 1. The largest absolute Gasteiger partial charge is 0.477 e. The summed E-state index contributed by atoms with van der Waals surface area (Å²) in [5.41, 5.74) is -2.11. The fourth-order valence-electron chi connectivity index (χ4n) is 1.32. The Kier molecular flexibility index (Phi) is 2.88. The number of aliphatic carboxylic acids is 1. The predicted octanol–water partition coefficient (Wildman–Crippen LogP) is 2.08. The van der Waals surface area contributed by atoms with Crippen molar-refractivity contribution in [3.63, 3.8) is 0 Å². The van der Waals surface area contributed by atoms with Crippen molar-refractivity contribution in [1.82, 2.24) is 0 Å². The van der Waals surface area contributed by atoms with Gasteiger partial charge in [-0.25, -0.2) is 4.79 Å². The van der Waals surface area contributed by atoms with Crippen LogP contribution in [0.3, 0.4) is 0 Å². The number of aryl methyl sites for hydroxylation is 1. The fraction of sp³-hybridized carbons (Fsp3) is 0.222. The molecule has 0 aliphatic rings. The molecule has 5 nitrogen and oxygen atoms in total. The fourth-order valence-corrected chi connectivity index (χ4v) is 1.32. The van der Waals surface area contributed by atoms with Crippen LogP contribution < -0.4 is 0 Å². The molecule has 16 heavy (non-hydrogen) atoms. The summed E-state index contributed by atoms with van der Waals surface area (Å²) in [4.78, 5) is 19.9. The van der Waals surface area contributed by atoms with E-state index in [2.05, 4.69) is 0 Å². The van der Waals surface area contributed by atoms with Crippen molar-refractivity contribution in [3.8, 4) is 0 Å². The highest BCUT2D eigenvalue weighted by atomic mass is 19.3. The molecule has 1 rings (SSSR count). The minimum atomic E-state index is -4.27. The first kappa shape index (κ1) is 12.0. The van der Waals surface area contributed by atoms with Crippen molar-refractivity contribution >= 4 is 11.7 Å². The lowest BCUT2D eigenvalue weighted by Gasteiger charge is -2.13. The molecule has 0 saturated heterocycles. The van der Waals surface area contributed by atoms with E-state index < -0.39 is 28.1 Å². The lowest BCUT2D eigenvalue weighted by Crippen LogP contribution is -2.27. The zero-order valence-corrected chi connectivity index (χ0v) is 8.11. The molecule has 0 heterocycles. The van der Waals surface area contributed by atoms with Crippen LogP contribution in [0.4, 0.5) is 14.5 Å². The van der Waals surface area contributed by atoms with Crippen LogP contribution in [0.25, 0.3) is 0 Å². The molecule has 0 fully saturated rings. The Hall–Kier alpha value is -2.05. The Morgan fingerprint density at radius 1 is 1.50 bits per heavy atom. The Morgan fingerprint density at radius 3 is 2.50 bits per heavy atom. The first-order valence-electron chi connectivity index (χ1n) is 4.14. The highest BCUT2D eigenvalue weighted by Gasteiger charge is 2.47. The van der Waals surface area contributed by atoms with Crippen LogP contribution in [0.1, 0.15) is 11.1 Å². The monoisotopic (exact) mass is 231 g/mol. The summed E-state index contributed by atoms with van der Waals surface area (Å²) in [7, 11) is 0. The van der Waals surface area contributed by atoms with E-state index in [1.807, 2.05) is 0 Å². The van der Waals surface area contributed by atoms with Crippen molar-refractivity contribution in [2.75, 3.05) is 0 Å². The molecule has 0 aliphatic carbocycles. The maximum absolute atomic E-state index is 13.3. The number of alkyl halides is 2. The maximum atomic E-state index is 13.3. The Morgan fingerprint density at radius 2 is 2.06 bits per heavy atom. The number of carbonyl (C=O) groups is 1. The van der Waals surface area contributed by atoms with E-state index in [1.165, 1.54) is 19.1 Å². The summed E-state index contributed by atoms with van der Waals surface area (Å²) in [6, 6.07) is 3.26. The van der Waals surface area contributed by atoms with E-state index in [9.17, 15) is 23.7 Å². The van der Waals surface area contributed by atoms with Crippen LogP contribution in [-0.4, -0.2) is 16.0 Å². The summed E-state index contributed by atoms with van der Waals surface area (Å²) in [5, 5.41) is 18.9. The lowest BCUT2D eigenvalue weighted by molar-refractivity contribution is -0.386. The summed E-state index contributed by atoms with van der Waals surface area (Å²) in [6.07, 6.45) is 0. The number of carboxylic acids is 1. The third kappa shape index (κ3) is 1.83. The van der Waals surface area contributed by atoms with Crippen molar-refractivity contribution in [1.29, 1.82) is 0 Å². The first-order chi connectivity index (χ1) is 7.28. The summed E-state index contributed by atoms with van der Waals surface area (Å²) >= 11 is 0. The minimum absolute atomic E-state index is 0.137. The molecular weight excluding hydrogens is 224 g/mol. The van der Waals surface area contributed by atoms with Gasteiger partial charge in [0, 0.05) is 6.07 Å². The first-order valence-corrected chi connectivity index (χ1v) is 4.14. The number of halogens is 2. The van der Waals surface area contributed by atoms with Crippen LogP contribution in [0.15, 0.2) is 18.2 Å². The van der Waals surface area contributed by atoms with Gasteiger partial charge in [-0.15, -0.1) is 0 Å². The zero-order valence-electron chi connectivity index (χ0n) is 8.11. The van der Waals surface area contributed by atoms with Crippen molar-refractivity contribution in [2.45, 2.75) is 12.8 Å². The van der Waals surface area contributed by atoms with E-state index in [0.717, 1.165) is 6.07 Å². The summed E-state index contributed by atoms with van der Waals surface area (Å²) in [6.45, 7) is 1.19. The molecule has 0 amide bonds. The van der Waals surface area contributed by atoms with Gasteiger partial charge < -0.3 is 5.11 Å². The van der Waals surface area contributed by atoms with Gasteiger partial charge in [-0.05, 0) is 12.5 Å². The summed E-state index contributed by atoms with van der Waals surface area (Å²) < 4.78 is 26.5. The van der Waals surface area contributed by atoms with Gasteiger partial charge in [0.1, 0.15) is 5.56 Å². The van der Waals surface area contributed by atoms with Crippen LogP contribution in [-0.2, 0) is 10.7 Å². The number of rotatable bonds is 3. The molecule has 1 N–H and O–H groups in total. The molecule has 0 aromatic heterocycles. The van der Waals surface area contributed by atoms with Gasteiger partial charge in [0.05, 0.1) is 4.92 Å². The van der Waals surface area contributed by atoms with Crippen molar-refractivity contribution < 1.29 is 23.6 Å². The topological polar surface area (TPSA) is 80.4 Å². The second-order valence-corrected chi connectivity index (χ2v) is 3.11. The highest BCUT2D eigenvalue weighted by molar-refractivity contribution is 5.79. The molecule has 86 valence electrons. The van der Waals surface area contributed by atoms with Crippen LogP contribution in [0.2, 0.25) is 0 Å². The maximum Gasteiger partial charge on any atom is 0.379 e. The number of benzene rings is 1. The molecule has 7 heteroatoms. The van der Waals surface area contributed by atoms with Gasteiger partial charge >= 0.3 is 11.9 Å². The smallest absolute Gasteiger partial charge is 0.379 e. The Balaban J connectivity index is 3.54. The van der Waals surface area contributed by atoms with Gasteiger partial charge in [-0.3, -0.25) is 10.1 Å². The normalized spacial score (nSPS) is 11.2. The number of nitro groups is 1. The SMILES string of the molecule is Cc1cccc([N+](=O)[O-])c1C(F)(F)C(=O)O. The van der Waals surface area contributed by atoms with Crippen LogP contribution >= 0.6 is 0 Å². The van der Waals surface area contributed by atoms with Gasteiger partial charge in [-0.1, -0.05) is 12.1 Å². The molecule has 0 unspecified atom stereocenters. The molecule has 0 bridgehead atoms. The third-order valence-electron chi connectivity index (χ3n) is 2.03. The highest BCUT2D eigenvalue weighted by Crippen LogP contribution is 2.37. The standard InChI is InChI=1S/C9H7F2NO4/c1-5-3-2-4-6(12(15)16)7(5)9(10,11)8(13)14/h2-4H,1H3,(H,13,14). The number of nitrogens with zero attached hydrogens (tertiary/aromatic N) is 1. The van der Waals surface area contributed by atoms with E-state index in [1.54, 1.807) is 0 Å². The van der Waals surface area contributed by atoms with Gasteiger partial charge in [0.2, 0.25) is 0 Å². The van der Waals surface area contributed by atoms with Crippen molar-refractivity contribution in [2.24, 2.45) is 0 Å². The van der Waals surface area contributed by atoms with E-state index in [-0.39, 0.29) is 5.56 Å². The van der Waals surface area contributed by atoms with Gasteiger partial charge in [0.25, 0.3) is 5.69 Å². The third-order valence-corrected chi connectivity index (χ3v) is 2.03. The van der Waals surface area contributed by atoms with Gasteiger partial charge in [0.15, 0.2) is 0 Å². The predicted molar refractivity (Wildman–Crippen MR) is 49.4 cm³/mol. The summed E-state index contributed by atoms with van der Waals surface area (Å²) in [5.74, 6) is -6.68. The van der Waals surface area contributed by atoms with E-state index in [0.29, 0.717) is 0 Å². The molecule has 0 spiro atoms. The Bertz CT molecular complexity index is 459. The molecule has 0 radical (unpaired) electrons. The zero-order chi connectivity index (χ0) is 12.5. The van der Waals surface area contributed by atoms with E-state index in [4.69, 9.17) is 5.11 Å². The average molecular weight is 231 g/mol. The quantitative estimate of drug-likeness (QED) is 0.637. The molecule has 1 aromatic carbocycles. The van der Waals surface area contributed by atoms with E-state index >= 15 is 0 Å². The van der Waals surface area contributed by atoms with Gasteiger partial charge in [-0.2, -0.15) is 8.78 Å². The Labute approximate surface area is 88.5 Å². The molecular formula is C9H7F2NO4. The average Bonchev–Trinajstić information content (AvgIpc) is 2.16. The lowest BCUT2D eigenvalue weighted by atomic mass is 10.0. The molecule has 1 aromatic rings. The number of hydrogen-bond donors (Lipinski definition) is 1. The van der Waals surface area contributed by atoms with Crippen LogP contribution in [0.5, 0.6) is 0 Å². The molecule has 0 saturated carbocycles. The number of carboxylic acid groups (broad SMARTS) is 1.